The van der Waals surface area contributed by atoms with Crippen molar-refractivity contribution < 1.29 is 18.7 Å². The highest BCUT2D eigenvalue weighted by molar-refractivity contribution is 6.08. The Kier molecular flexibility index (Phi) is 2.69. The van der Waals surface area contributed by atoms with Gasteiger partial charge in [-0.3, -0.25) is 0 Å². The summed E-state index contributed by atoms with van der Waals surface area (Å²) in [5.74, 6) is -1.17. The van der Waals surface area contributed by atoms with Gasteiger partial charge in [-0.1, -0.05) is 0 Å². The molecule has 0 saturated carbocycles. The number of carboxylic acids is 1. The van der Waals surface area contributed by atoms with Gasteiger partial charge in [-0.2, -0.15) is 0 Å². The summed E-state index contributed by atoms with van der Waals surface area (Å²) in [5, 5.41) is 13.4. The van der Waals surface area contributed by atoms with Crippen LogP contribution in [0.3, 0.4) is 0 Å². The molecule has 0 aliphatic carbocycles. The minimum Gasteiger partial charge on any atom is -0.478 e. The number of anilines is 1. The average molecular weight is 297 g/mol. The predicted molar refractivity (Wildman–Crippen MR) is 80.8 cm³/mol. The number of carboxylic acid groups (broad SMARTS) is 1. The van der Waals surface area contributed by atoms with Gasteiger partial charge in [0.05, 0.1) is 0 Å². The Hall–Kier alpha value is -2.82. The Morgan fingerprint density at radius 2 is 2.00 bits per heavy atom. The third-order valence-corrected chi connectivity index (χ3v) is 3.94. The number of hydrogen-bond donors (Lipinski definition) is 2. The largest absolute Gasteiger partial charge is 0.478 e. The van der Waals surface area contributed by atoms with E-state index in [1.54, 1.807) is 0 Å². The van der Waals surface area contributed by atoms with Crippen LogP contribution in [0.2, 0.25) is 0 Å². The molecule has 0 radical (unpaired) electrons. The summed E-state index contributed by atoms with van der Waals surface area (Å²) in [7, 11) is 0. The van der Waals surface area contributed by atoms with Crippen LogP contribution in [-0.2, 0) is 6.42 Å². The van der Waals surface area contributed by atoms with Gasteiger partial charge in [0, 0.05) is 29.2 Å². The fraction of sp³-hybridized carbons (Fsp3) is 0.118. The van der Waals surface area contributed by atoms with Gasteiger partial charge in [0.2, 0.25) is 0 Å². The van der Waals surface area contributed by atoms with Gasteiger partial charge in [-0.05, 0) is 42.3 Å². The molecule has 1 aliphatic rings. The number of halogens is 1. The number of aromatic carboxylic acids is 1. The van der Waals surface area contributed by atoms with Crippen LogP contribution in [-0.4, -0.2) is 17.6 Å². The maximum atomic E-state index is 13.1. The lowest BCUT2D eigenvalue weighted by atomic mass is 10.0. The standard InChI is InChI=1S/C17H12FNO3/c18-11-3-1-9(2-4-11)16-15(17(20)21)12-7-10-5-6-19-13(10)8-14(12)22-16/h1-4,7-8,19H,5-6H2,(H,20,21). The first-order chi connectivity index (χ1) is 10.6. The maximum absolute atomic E-state index is 13.1. The quantitative estimate of drug-likeness (QED) is 0.753. The van der Waals surface area contributed by atoms with E-state index in [1.165, 1.54) is 24.3 Å². The van der Waals surface area contributed by atoms with E-state index in [-0.39, 0.29) is 17.1 Å². The summed E-state index contributed by atoms with van der Waals surface area (Å²) in [4.78, 5) is 11.7. The van der Waals surface area contributed by atoms with Crippen LogP contribution in [0.15, 0.2) is 40.8 Å². The minimum atomic E-state index is -1.05. The van der Waals surface area contributed by atoms with Crippen molar-refractivity contribution in [3.63, 3.8) is 0 Å². The first-order valence-electron chi connectivity index (χ1n) is 6.96. The molecule has 4 nitrogen and oxygen atoms in total. The zero-order valence-electron chi connectivity index (χ0n) is 11.5. The first-order valence-corrected chi connectivity index (χ1v) is 6.96. The van der Waals surface area contributed by atoms with E-state index in [0.29, 0.717) is 16.5 Å². The molecule has 110 valence electrons. The van der Waals surface area contributed by atoms with Crippen LogP contribution < -0.4 is 5.32 Å². The monoisotopic (exact) mass is 297 g/mol. The Labute approximate surface area is 125 Å². The number of rotatable bonds is 2. The van der Waals surface area contributed by atoms with Crippen LogP contribution in [0.1, 0.15) is 15.9 Å². The number of nitrogens with one attached hydrogen (secondary N) is 1. The highest BCUT2D eigenvalue weighted by Crippen LogP contribution is 2.37. The van der Waals surface area contributed by atoms with E-state index in [0.717, 1.165) is 24.2 Å². The number of fused-ring (bicyclic) bond motifs is 2. The number of carbonyl (C=O) groups is 1. The average Bonchev–Trinajstić information content (AvgIpc) is 3.08. The van der Waals surface area contributed by atoms with Crippen molar-refractivity contribution in [3.8, 4) is 11.3 Å². The molecule has 1 aromatic heterocycles. The van der Waals surface area contributed by atoms with E-state index >= 15 is 0 Å². The third kappa shape index (κ3) is 1.86. The van der Waals surface area contributed by atoms with Gasteiger partial charge < -0.3 is 14.8 Å². The Morgan fingerprint density at radius 1 is 1.23 bits per heavy atom. The van der Waals surface area contributed by atoms with Crippen molar-refractivity contribution in [2.75, 3.05) is 11.9 Å². The highest BCUT2D eigenvalue weighted by atomic mass is 19.1. The summed E-state index contributed by atoms with van der Waals surface area (Å²) in [5.41, 5.74) is 3.25. The second-order valence-electron chi connectivity index (χ2n) is 5.30. The number of hydrogen-bond acceptors (Lipinski definition) is 3. The van der Waals surface area contributed by atoms with Gasteiger partial charge in [0.25, 0.3) is 0 Å². The van der Waals surface area contributed by atoms with Crippen molar-refractivity contribution in [2.45, 2.75) is 6.42 Å². The van der Waals surface area contributed by atoms with E-state index < -0.39 is 5.97 Å². The molecule has 4 rings (SSSR count). The van der Waals surface area contributed by atoms with Gasteiger partial charge in [0.1, 0.15) is 22.7 Å². The van der Waals surface area contributed by atoms with E-state index in [2.05, 4.69) is 5.32 Å². The van der Waals surface area contributed by atoms with Crippen molar-refractivity contribution in [1.82, 2.24) is 0 Å². The lowest BCUT2D eigenvalue weighted by molar-refractivity contribution is 0.0699. The predicted octanol–water partition coefficient (Wildman–Crippen LogP) is 3.91. The summed E-state index contributed by atoms with van der Waals surface area (Å²) in [6, 6.07) is 9.31. The van der Waals surface area contributed by atoms with Gasteiger partial charge in [-0.15, -0.1) is 0 Å². The molecule has 0 unspecified atom stereocenters. The third-order valence-electron chi connectivity index (χ3n) is 3.94. The molecule has 22 heavy (non-hydrogen) atoms. The van der Waals surface area contributed by atoms with E-state index in [4.69, 9.17) is 4.42 Å². The fourth-order valence-corrected chi connectivity index (χ4v) is 2.91. The van der Waals surface area contributed by atoms with E-state index in [1.807, 2.05) is 12.1 Å². The molecule has 3 aromatic rings. The number of furan rings is 1. The number of benzene rings is 2. The molecule has 1 aliphatic heterocycles. The Morgan fingerprint density at radius 3 is 2.73 bits per heavy atom. The molecule has 0 saturated heterocycles. The second-order valence-corrected chi connectivity index (χ2v) is 5.30. The minimum absolute atomic E-state index is 0.122. The normalized spacial score (nSPS) is 13.1. The lowest BCUT2D eigenvalue weighted by Crippen LogP contribution is -1.97. The zero-order chi connectivity index (χ0) is 15.3. The van der Waals surface area contributed by atoms with E-state index in [9.17, 15) is 14.3 Å². The maximum Gasteiger partial charge on any atom is 0.340 e. The van der Waals surface area contributed by atoms with Gasteiger partial charge in [0.15, 0.2) is 0 Å². The smallest absolute Gasteiger partial charge is 0.340 e. The molecule has 0 bridgehead atoms. The van der Waals surface area contributed by atoms with Gasteiger partial charge >= 0.3 is 5.97 Å². The molecule has 0 fully saturated rings. The van der Waals surface area contributed by atoms with Crippen LogP contribution in [0, 0.1) is 5.82 Å². The summed E-state index contributed by atoms with van der Waals surface area (Å²) < 4.78 is 18.8. The Balaban J connectivity index is 2.00. The van der Waals surface area contributed by atoms with Crippen LogP contribution >= 0.6 is 0 Å². The van der Waals surface area contributed by atoms with Crippen LogP contribution in [0.4, 0.5) is 10.1 Å². The molecule has 5 heteroatoms. The zero-order valence-corrected chi connectivity index (χ0v) is 11.5. The summed E-state index contributed by atoms with van der Waals surface area (Å²) >= 11 is 0. The van der Waals surface area contributed by atoms with Crippen molar-refractivity contribution >= 4 is 22.6 Å². The van der Waals surface area contributed by atoms with Crippen molar-refractivity contribution in [1.29, 1.82) is 0 Å². The molecular weight excluding hydrogens is 285 g/mol. The van der Waals surface area contributed by atoms with Crippen LogP contribution in [0.25, 0.3) is 22.3 Å². The molecule has 2 heterocycles. The van der Waals surface area contributed by atoms with Crippen molar-refractivity contribution in [2.24, 2.45) is 0 Å². The van der Waals surface area contributed by atoms with Crippen molar-refractivity contribution in [3.05, 3.63) is 53.3 Å². The molecular formula is C17H12FNO3. The molecule has 0 atom stereocenters. The molecule has 2 N–H and O–H groups in total. The van der Waals surface area contributed by atoms with Crippen LogP contribution in [0.5, 0.6) is 0 Å². The SMILES string of the molecule is O=C(O)c1c(-c2ccc(F)cc2)oc2cc3c(cc12)CCN3. The highest BCUT2D eigenvalue weighted by Gasteiger charge is 2.24. The lowest BCUT2D eigenvalue weighted by Gasteiger charge is -1.99. The first kappa shape index (κ1) is 12.9. The Bertz CT molecular complexity index is 896. The molecule has 2 aromatic carbocycles. The molecule has 0 amide bonds. The fourth-order valence-electron chi connectivity index (χ4n) is 2.91. The topological polar surface area (TPSA) is 62.5 Å². The summed E-state index contributed by atoms with van der Waals surface area (Å²) in [6.07, 6.45) is 0.862. The second kappa shape index (κ2) is 4.59. The molecule has 0 spiro atoms. The summed E-state index contributed by atoms with van der Waals surface area (Å²) in [6.45, 7) is 0.842. The van der Waals surface area contributed by atoms with Gasteiger partial charge in [-0.25, -0.2) is 9.18 Å².